The Hall–Kier alpha value is -0.120. The quantitative estimate of drug-likeness (QED) is 0.624. The Labute approximate surface area is 74.5 Å². The standard InChI is InChI=1S/C9H20N2O/c1-7-5-9(10)3-4-11(7)6-8(2)12/h7-9,12H,3-6,10H2,1-2H3/t7?,8-,9?/m0/s1. The highest BCUT2D eigenvalue weighted by Gasteiger charge is 2.23. The maximum Gasteiger partial charge on any atom is 0.0639 e. The van der Waals surface area contributed by atoms with Crippen LogP contribution in [0.1, 0.15) is 26.7 Å². The Morgan fingerprint density at radius 3 is 2.83 bits per heavy atom. The van der Waals surface area contributed by atoms with Gasteiger partial charge in [0.15, 0.2) is 0 Å². The summed E-state index contributed by atoms with van der Waals surface area (Å²) in [6, 6.07) is 0.897. The Morgan fingerprint density at radius 1 is 1.67 bits per heavy atom. The highest BCUT2D eigenvalue weighted by Crippen LogP contribution is 2.15. The van der Waals surface area contributed by atoms with Gasteiger partial charge in [-0.3, -0.25) is 4.90 Å². The second kappa shape index (κ2) is 4.21. The zero-order valence-corrected chi connectivity index (χ0v) is 8.03. The molecule has 3 heteroatoms. The molecule has 0 aromatic rings. The van der Waals surface area contributed by atoms with Gasteiger partial charge in [0.2, 0.25) is 0 Å². The van der Waals surface area contributed by atoms with E-state index >= 15 is 0 Å². The summed E-state index contributed by atoms with van der Waals surface area (Å²) in [5.41, 5.74) is 5.83. The van der Waals surface area contributed by atoms with Gasteiger partial charge < -0.3 is 10.8 Å². The van der Waals surface area contributed by atoms with Crippen molar-refractivity contribution in [2.75, 3.05) is 13.1 Å². The summed E-state index contributed by atoms with van der Waals surface area (Å²) in [4.78, 5) is 2.31. The van der Waals surface area contributed by atoms with Crippen LogP contribution in [0, 0.1) is 0 Å². The molecule has 3 atom stereocenters. The number of aliphatic hydroxyl groups excluding tert-OH is 1. The van der Waals surface area contributed by atoms with E-state index in [1.165, 1.54) is 0 Å². The molecule has 0 spiro atoms. The zero-order chi connectivity index (χ0) is 9.14. The van der Waals surface area contributed by atoms with Crippen LogP contribution >= 0.6 is 0 Å². The first-order valence-electron chi connectivity index (χ1n) is 4.77. The van der Waals surface area contributed by atoms with E-state index < -0.39 is 0 Å². The van der Waals surface area contributed by atoms with Crippen molar-refractivity contribution in [1.29, 1.82) is 0 Å². The van der Waals surface area contributed by atoms with Crippen LogP contribution in [-0.4, -0.2) is 41.3 Å². The Kier molecular flexibility index (Phi) is 3.50. The number of rotatable bonds is 2. The maximum atomic E-state index is 9.22. The van der Waals surface area contributed by atoms with Crippen molar-refractivity contribution in [2.45, 2.75) is 44.9 Å². The smallest absolute Gasteiger partial charge is 0.0639 e. The van der Waals surface area contributed by atoms with Crippen LogP contribution in [0.25, 0.3) is 0 Å². The summed E-state index contributed by atoms with van der Waals surface area (Å²) < 4.78 is 0. The second-order valence-electron chi connectivity index (χ2n) is 3.98. The van der Waals surface area contributed by atoms with E-state index in [0.717, 1.165) is 25.9 Å². The van der Waals surface area contributed by atoms with Gasteiger partial charge in [-0.15, -0.1) is 0 Å². The highest BCUT2D eigenvalue weighted by atomic mass is 16.3. The van der Waals surface area contributed by atoms with Gasteiger partial charge in [-0.25, -0.2) is 0 Å². The number of β-amino-alcohol motifs (C(OH)–C–C–N with tert-alkyl or cyclic N) is 1. The van der Waals surface area contributed by atoms with Gasteiger partial charge in [-0.1, -0.05) is 0 Å². The summed E-state index contributed by atoms with van der Waals surface area (Å²) >= 11 is 0. The minimum Gasteiger partial charge on any atom is -0.392 e. The number of piperidine rings is 1. The lowest BCUT2D eigenvalue weighted by Crippen LogP contribution is -2.47. The van der Waals surface area contributed by atoms with Gasteiger partial charge >= 0.3 is 0 Å². The predicted molar refractivity (Wildman–Crippen MR) is 49.9 cm³/mol. The highest BCUT2D eigenvalue weighted by molar-refractivity contribution is 4.81. The van der Waals surface area contributed by atoms with Crippen LogP contribution in [0.3, 0.4) is 0 Å². The fourth-order valence-corrected chi connectivity index (χ4v) is 1.87. The molecular weight excluding hydrogens is 152 g/mol. The molecule has 1 fully saturated rings. The van der Waals surface area contributed by atoms with Crippen molar-refractivity contribution < 1.29 is 5.11 Å². The van der Waals surface area contributed by atoms with Crippen molar-refractivity contribution >= 4 is 0 Å². The summed E-state index contributed by atoms with van der Waals surface area (Å²) in [5.74, 6) is 0. The molecule has 2 unspecified atom stereocenters. The second-order valence-corrected chi connectivity index (χ2v) is 3.98. The Morgan fingerprint density at radius 2 is 2.33 bits per heavy atom. The summed E-state index contributed by atoms with van der Waals surface area (Å²) in [7, 11) is 0. The molecule has 3 N–H and O–H groups in total. The van der Waals surface area contributed by atoms with Crippen LogP contribution in [0.5, 0.6) is 0 Å². The number of likely N-dealkylation sites (tertiary alicyclic amines) is 1. The molecule has 72 valence electrons. The first-order chi connectivity index (χ1) is 5.59. The summed E-state index contributed by atoms with van der Waals surface area (Å²) in [6.07, 6.45) is 1.91. The molecule has 3 nitrogen and oxygen atoms in total. The van der Waals surface area contributed by atoms with Crippen molar-refractivity contribution in [3.05, 3.63) is 0 Å². The monoisotopic (exact) mass is 172 g/mol. The van der Waals surface area contributed by atoms with E-state index in [9.17, 15) is 5.11 Å². The Bertz CT molecular complexity index is 138. The van der Waals surface area contributed by atoms with Crippen LogP contribution in [0.15, 0.2) is 0 Å². The first kappa shape index (κ1) is 9.96. The largest absolute Gasteiger partial charge is 0.392 e. The normalized spacial score (nSPS) is 35.0. The third-order valence-electron chi connectivity index (χ3n) is 2.55. The number of hydrogen-bond acceptors (Lipinski definition) is 3. The van der Waals surface area contributed by atoms with Crippen molar-refractivity contribution in [3.8, 4) is 0 Å². The zero-order valence-electron chi connectivity index (χ0n) is 8.03. The van der Waals surface area contributed by atoms with E-state index in [1.807, 2.05) is 6.92 Å². The molecular formula is C9H20N2O. The third kappa shape index (κ3) is 2.73. The maximum absolute atomic E-state index is 9.22. The summed E-state index contributed by atoms with van der Waals surface area (Å²) in [5, 5.41) is 9.22. The van der Waals surface area contributed by atoms with Gasteiger partial charge in [0.1, 0.15) is 0 Å². The van der Waals surface area contributed by atoms with E-state index in [4.69, 9.17) is 5.73 Å². The number of aliphatic hydroxyl groups is 1. The SMILES string of the molecule is CC1CC(N)CCN1C[C@H](C)O. The van der Waals surface area contributed by atoms with Crippen molar-refractivity contribution in [1.82, 2.24) is 4.90 Å². The minimum atomic E-state index is -0.221. The van der Waals surface area contributed by atoms with Gasteiger partial charge in [0.05, 0.1) is 6.10 Å². The average molecular weight is 172 g/mol. The predicted octanol–water partition coefficient (Wildman–Crippen LogP) is 0.179. The molecule has 0 aliphatic carbocycles. The van der Waals surface area contributed by atoms with Crippen LogP contribution in [-0.2, 0) is 0 Å². The van der Waals surface area contributed by atoms with Gasteiger partial charge in [-0.05, 0) is 33.2 Å². The van der Waals surface area contributed by atoms with Crippen LogP contribution in [0.4, 0.5) is 0 Å². The molecule has 1 heterocycles. The van der Waals surface area contributed by atoms with Crippen molar-refractivity contribution in [2.24, 2.45) is 5.73 Å². The van der Waals surface area contributed by atoms with Crippen LogP contribution < -0.4 is 5.73 Å². The fraction of sp³-hybridized carbons (Fsp3) is 1.00. The Balaban J connectivity index is 2.34. The molecule has 0 amide bonds. The molecule has 1 saturated heterocycles. The van der Waals surface area contributed by atoms with Gasteiger partial charge in [0.25, 0.3) is 0 Å². The van der Waals surface area contributed by atoms with E-state index in [1.54, 1.807) is 0 Å². The molecule has 1 aliphatic heterocycles. The molecule has 0 saturated carbocycles. The molecule has 12 heavy (non-hydrogen) atoms. The van der Waals surface area contributed by atoms with Crippen molar-refractivity contribution in [3.63, 3.8) is 0 Å². The fourth-order valence-electron chi connectivity index (χ4n) is 1.87. The molecule has 0 aromatic carbocycles. The average Bonchev–Trinajstić information content (AvgIpc) is 1.94. The lowest BCUT2D eigenvalue weighted by molar-refractivity contribution is 0.0776. The van der Waals surface area contributed by atoms with E-state index in [-0.39, 0.29) is 6.10 Å². The third-order valence-corrected chi connectivity index (χ3v) is 2.55. The molecule has 1 rings (SSSR count). The number of nitrogens with zero attached hydrogens (tertiary/aromatic N) is 1. The summed E-state index contributed by atoms with van der Waals surface area (Å²) in [6.45, 7) is 5.84. The number of hydrogen-bond donors (Lipinski definition) is 2. The molecule has 0 bridgehead atoms. The molecule has 0 aromatic heterocycles. The van der Waals surface area contributed by atoms with E-state index in [2.05, 4.69) is 11.8 Å². The molecule has 1 aliphatic rings. The molecule has 0 radical (unpaired) electrons. The first-order valence-corrected chi connectivity index (χ1v) is 4.77. The topological polar surface area (TPSA) is 49.5 Å². The van der Waals surface area contributed by atoms with Gasteiger partial charge in [-0.2, -0.15) is 0 Å². The lowest BCUT2D eigenvalue weighted by atomic mass is 9.99. The lowest BCUT2D eigenvalue weighted by Gasteiger charge is -2.36. The minimum absolute atomic E-state index is 0.221. The van der Waals surface area contributed by atoms with Crippen LogP contribution in [0.2, 0.25) is 0 Å². The van der Waals surface area contributed by atoms with Gasteiger partial charge in [0, 0.05) is 18.6 Å². The van der Waals surface area contributed by atoms with E-state index in [0.29, 0.717) is 12.1 Å². The number of nitrogens with two attached hydrogens (primary N) is 1.